The van der Waals surface area contributed by atoms with Crippen molar-refractivity contribution in [2.24, 2.45) is 11.7 Å². The first-order chi connectivity index (χ1) is 8.12. The van der Waals surface area contributed by atoms with Gasteiger partial charge in [0.05, 0.1) is 7.11 Å². The first kappa shape index (κ1) is 13.9. The Hall–Kier alpha value is -1.13. The van der Waals surface area contributed by atoms with Gasteiger partial charge in [0.1, 0.15) is 0 Å². The Morgan fingerprint density at radius 3 is 2.65 bits per heavy atom. The molecule has 4 heteroatoms. The maximum absolute atomic E-state index is 13.6. The summed E-state index contributed by atoms with van der Waals surface area (Å²) in [5, 5.41) is 3.19. The monoisotopic (exact) mass is 240 g/mol. The van der Waals surface area contributed by atoms with Gasteiger partial charge in [-0.05, 0) is 43.6 Å². The molecule has 0 heterocycles. The molecule has 0 saturated heterocycles. The van der Waals surface area contributed by atoms with Crippen LogP contribution in [0.25, 0.3) is 0 Å². The molecule has 1 rings (SSSR count). The van der Waals surface area contributed by atoms with Gasteiger partial charge in [-0.15, -0.1) is 0 Å². The average Bonchev–Trinajstić information content (AvgIpc) is 2.35. The zero-order chi connectivity index (χ0) is 12.8. The highest BCUT2D eigenvalue weighted by atomic mass is 19.1. The Morgan fingerprint density at radius 1 is 1.47 bits per heavy atom. The zero-order valence-corrected chi connectivity index (χ0v) is 10.7. The second kappa shape index (κ2) is 6.57. The van der Waals surface area contributed by atoms with Crippen LogP contribution in [-0.2, 0) is 0 Å². The van der Waals surface area contributed by atoms with Gasteiger partial charge in [0, 0.05) is 6.04 Å². The molecule has 0 aliphatic heterocycles. The van der Waals surface area contributed by atoms with Crippen molar-refractivity contribution in [2.45, 2.75) is 19.4 Å². The molecule has 0 spiro atoms. The van der Waals surface area contributed by atoms with Crippen LogP contribution in [0, 0.1) is 11.7 Å². The van der Waals surface area contributed by atoms with E-state index in [2.05, 4.69) is 12.2 Å². The lowest BCUT2D eigenvalue weighted by molar-refractivity contribution is 0.384. The minimum absolute atomic E-state index is 0.119. The minimum Gasteiger partial charge on any atom is -0.494 e. The number of methoxy groups -OCH3 is 1. The van der Waals surface area contributed by atoms with Gasteiger partial charge in [-0.25, -0.2) is 4.39 Å². The van der Waals surface area contributed by atoms with Crippen LogP contribution in [0.2, 0.25) is 0 Å². The molecular weight excluding hydrogens is 219 g/mol. The highest BCUT2D eigenvalue weighted by Gasteiger charge is 2.14. The van der Waals surface area contributed by atoms with Gasteiger partial charge in [0.2, 0.25) is 0 Å². The summed E-state index contributed by atoms with van der Waals surface area (Å²) in [6.45, 7) is 2.72. The first-order valence-corrected chi connectivity index (χ1v) is 5.83. The predicted molar refractivity (Wildman–Crippen MR) is 67.6 cm³/mol. The molecule has 0 aromatic heterocycles. The lowest BCUT2D eigenvalue weighted by Gasteiger charge is -2.20. The molecule has 2 unspecified atom stereocenters. The molecule has 3 nitrogen and oxygen atoms in total. The summed E-state index contributed by atoms with van der Waals surface area (Å²) in [6.07, 6.45) is 0.888. The first-order valence-electron chi connectivity index (χ1n) is 5.83. The quantitative estimate of drug-likeness (QED) is 0.800. The summed E-state index contributed by atoms with van der Waals surface area (Å²) in [5.74, 6) is 0.346. The van der Waals surface area contributed by atoms with E-state index in [1.165, 1.54) is 13.2 Å². The standard InChI is InChI=1S/C13H21FN2O/c1-9(8-15)6-12(16-2)10-4-5-13(17-3)11(14)7-10/h4-5,7,9,12,16H,6,8,15H2,1-3H3. The molecule has 0 radical (unpaired) electrons. The largest absolute Gasteiger partial charge is 0.494 e. The summed E-state index contributed by atoms with van der Waals surface area (Å²) in [4.78, 5) is 0. The maximum Gasteiger partial charge on any atom is 0.165 e. The number of halogens is 1. The number of hydrogen-bond donors (Lipinski definition) is 2. The molecule has 0 aliphatic carbocycles. The number of nitrogens with two attached hydrogens (primary N) is 1. The van der Waals surface area contributed by atoms with E-state index in [9.17, 15) is 4.39 Å². The minimum atomic E-state index is -0.328. The topological polar surface area (TPSA) is 47.3 Å². The Balaban J connectivity index is 2.85. The molecule has 0 saturated carbocycles. The van der Waals surface area contributed by atoms with Crippen molar-refractivity contribution in [3.05, 3.63) is 29.6 Å². The third-order valence-corrected chi connectivity index (χ3v) is 2.97. The maximum atomic E-state index is 13.6. The van der Waals surface area contributed by atoms with Gasteiger partial charge in [-0.2, -0.15) is 0 Å². The Labute approximate surface area is 102 Å². The number of ether oxygens (including phenoxy) is 1. The van der Waals surface area contributed by atoms with Crippen LogP contribution in [0.4, 0.5) is 4.39 Å². The molecule has 2 atom stereocenters. The highest BCUT2D eigenvalue weighted by molar-refractivity contribution is 5.31. The molecule has 0 amide bonds. The summed E-state index contributed by atoms with van der Waals surface area (Å²) < 4.78 is 18.5. The van der Waals surface area contributed by atoms with Crippen LogP contribution < -0.4 is 15.8 Å². The highest BCUT2D eigenvalue weighted by Crippen LogP contribution is 2.25. The average molecular weight is 240 g/mol. The molecule has 96 valence electrons. The Bertz CT molecular complexity index is 357. The van der Waals surface area contributed by atoms with Crippen LogP contribution >= 0.6 is 0 Å². The fraction of sp³-hybridized carbons (Fsp3) is 0.538. The van der Waals surface area contributed by atoms with E-state index in [-0.39, 0.29) is 17.6 Å². The zero-order valence-electron chi connectivity index (χ0n) is 10.7. The molecule has 0 aliphatic rings. The molecule has 0 fully saturated rings. The number of rotatable bonds is 6. The van der Waals surface area contributed by atoms with Gasteiger partial charge in [-0.3, -0.25) is 0 Å². The van der Waals surface area contributed by atoms with Crippen LogP contribution in [0.3, 0.4) is 0 Å². The number of nitrogens with one attached hydrogen (secondary N) is 1. The van der Waals surface area contributed by atoms with Crippen molar-refractivity contribution in [3.63, 3.8) is 0 Å². The summed E-state index contributed by atoms with van der Waals surface area (Å²) in [6, 6.07) is 5.17. The SMILES string of the molecule is CNC(CC(C)CN)c1ccc(OC)c(F)c1. The summed E-state index contributed by atoms with van der Waals surface area (Å²) >= 11 is 0. The van der Waals surface area contributed by atoms with E-state index in [0.29, 0.717) is 12.5 Å². The van der Waals surface area contributed by atoms with Crippen molar-refractivity contribution in [2.75, 3.05) is 20.7 Å². The Kier molecular flexibility index (Phi) is 5.38. The number of hydrogen-bond acceptors (Lipinski definition) is 3. The van der Waals surface area contributed by atoms with E-state index in [4.69, 9.17) is 10.5 Å². The fourth-order valence-corrected chi connectivity index (χ4v) is 1.82. The van der Waals surface area contributed by atoms with E-state index < -0.39 is 0 Å². The van der Waals surface area contributed by atoms with Crippen molar-refractivity contribution in [3.8, 4) is 5.75 Å². The predicted octanol–water partition coefficient (Wildman–Crippen LogP) is 2.08. The molecular formula is C13H21FN2O. The molecule has 17 heavy (non-hydrogen) atoms. The van der Waals surface area contributed by atoms with Gasteiger partial charge in [-0.1, -0.05) is 13.0 Å². The van der Waals surface area contributed by atoms with Crippen LogP contribution in [0.5, 0.6) is 5.75 Å². The molecule has 0 bridgehead atoms. The van der Waals surface area contributed by atoms with Crippen LogP contribution in [-0.4, -0.2) is 20.7 Å². The molecule has 1 aromatic carbocycles. The third kappa shape index (κ3) is 3.68. The van der Waals surface area contributed by atoms with Crippen LogP contribution in [0.1, 0.15) is 24.9 Å². The lowest BCUT2D eigenvalue weighted by atomic mass is 9.96. The van der Waals surface area contributed by atoms with Gasteiger partial charge >= 0.3 is 0 Å². The van der Waals surface area contributed by atoms with Crippen molar-refractivity contribution in [1.29, 1.82) is 0 Å². The van der Waals surface area contributed by atoms with Gasteiger partial charge in [0.15, 0.2) is 11.6 Å². The second-order valence-electron chi connectivity index (χ2n) is 4.31. The fourth-order valence-electron chi connectivity index (χ4n) is 1.82. The normalized spacial score (nSPS) is 14.4. The summed E-state index contributed by atoms with van der Waals surface area (Å²) in [7, 11) is 3.33. The van der Waals surface area contributed by atoms with Crippen LogP contribution in [0.15, 0.2) is 18.2 Å². The number of benzene rings is 1. The molecule has 1 aromatic rings. The summed E-state index contributed by atoms with van der Waals surface area (Å²) in [5.41, 5.74) is 6.53. The van der Waals surface area contributed by atoms with Crippen molar-refractivity contribution in [1.82, 2.24) is 5.32 Å². The van der Waals surface area contributed by atoms with E-state index >= 15 is 0 Å². The molecule has 3 N–H and O–H groups in total. The second-order valence-corrected chi connectivity index (χ2v) is 4.31. The van der Waals surface area contributed by atoms with Crippen molar-refractivity contribution < 1.29 is 9.13 Å². The smallest absolute Gasteiger partial charge is 0.165 e. The van der Waals surface area contributed by atoms with Gasteiger partial charge < -0.3 is 15.8 Å². The van der Waals surface area contributed by atoms with E-state index in [0.717, 1.165) is 12.0 Å². The van der Waals surface area contributed by atoms with Gasteiger partial charge in [0.25, 0.3) is 0 Å². The van der Waals surface area contributed by atoms with E-state index in [1.54, 1.807) is 6.07 Å². The lowest BCUT2D eigenvalue weighted by Crippen LogP contribution is -2.22. The van der Waals surface area contributed by atoms with E-state index in [1.807, 2.05) is 13.1 Å². The van der Waals surface area contributed by atoms with Crippen molar-refractivity contribution >= 4 is 0 Å². The third-order valence-electron chi connectivity index (χ3n) is 2.97. The Morgan fingerprint density at radius 2 is 2.18 bits per heavy atom.